The molecule has 0 fully saturated rings. The SMILES string of the molecule is CCC(C)n1ccc(CNCCn2ccnn2)n1. The standard InChI is InChI=1S/C12H20N6/c1-3-11(2)18-7-4-12(15-18)10-13-5-8-17-9-6-14-16-17/h4,6-7,9,11,13H,3,5,8,10H2,1-2H3. The molecule has 6 heteroatoms. The lowest BCUT2D eigenvalue weighted by Gasteiger charge is -2.08. The van der Waals surface area contributed by atoms with Crippen molar-refractivity contribution in [3.05, 3.63) is 30.4 Å². The number of rotatable bonds is 7. The molecule has 1 N–H and O–H groups in total. The number of hydrogen-bond donors (Lipinski definition) is 1. The van der Waals surface area contributed by atoms with Crippen LogP contribution in [0.5, 0.6) is 0 Å². The molecule has 0 saturated carbocycles. The van der Waals surface area contributed by atoms with E-state index in [-0.39, 0.29) is 0 Å². The summed E-state index contributed by atoms with van der Waals surface area (Å²) in [6, 6.07) is 2.53. The Morgan fingerprint density at radius 3 is 3.00 bits per heavy atom. The zero-order valence-corrected chi connectivity index (χ0v) is 11.0. The van der Waals surface area contributed by atoms with Crippen LogP contribution in [0.2, 0.25) is 0 Å². The molecule has 0 amide bonds. The van der Waals surface area contributed by atoms with E-state index in [2.05, 4.69) is 40.6 Å². The number of hydrogen-bond acceptors (Lipinski definition) is 4. The predicted octanol–water partition coefficient (Wildman–Crippen LogP) is 1.24. The Morgan fingerprint density at radius 2 is 2.28 bits per heavy atom. The first-order valence-corrected chi connectivity index (χ1v) is 6.38. The smallest absolute Gasteiger partial charge is 0.0762 e. The van der Waals surface area contributed by atoms with Gasteiger partial charge in [0.2, 0.25) is 0 Å². The molecule has 0 saturated heterocycles. The fourth-order valence-corrected chi connectivity index (χ4v) is 1.67. The van der Waals surface area contributed by atoms with Gasteiger partial charge in [0.25, 0.3) is 0 Å². The van der Waals surface area contributed by atoms with E-state index in [4.69, 9.17) is 0 Å². The molecule has 0 aliphatic rings. The topological polar surface area (TPSA) is 60.6 Å². The van der Waals surface area contributed by atoms with Gasteiger partial charge in [-0.15, -0.1) is 5.10 Å². The van der Waals surface area contributed by atoms with Gasteiger partial charge in [0.05, 0.1) is 18.4 Å². The minimum Gasteiger partial charge on any atom is -0.309 e. The van der Waals surface area contributed by atoms with Crippen molar-refractivity contribution in [2.45, 2.75) is 39.4 Å². The minimum absolute atomic E-state index is 0.467. The van der Waals surface area contributed by atoms with E-state index in [1.54, 1.807) is 6.20 Å². The maximum Gasteiger partial charge on any atom is 0.0762 e. The Balaban J connectivity index is 1.71. The van der Waals surface area contributed by atoms with Crippen molar-refractivity contribution in [1.29, 1.82) is 0 Å². The molecule has 0 radical (unpaired) electrons. The fourth-order valence-electron chi connectivity index (χ4n) is 1.67. The van der Waals surface area contributed by atoms with Crippen molar-refractivity contribution in [2.24, 2.45) is 0 Å². The third-order valence-corrected chi connectivity index (χ3v) is 3.00. The van der Waals surface area contributed by atoms with Gasteiger partial charge in [-0.05, 0) is 19.4 Å². The molecule has 2 rings (SSSR count). The summed E-state index contributed by atoms with van der Waals surface area (Å²) >= 11 is 0. The molecule has 0 aliphatic heterocycles. The van der Waals surface area contributed by atoms with Crippen LogP contribution in [0.3, 0.4) is 0 Å². The van der Waals surface area contributed by atoms with E-state index in [0.717, 1.165) is 31.7 Å². The van der Waals surface area contributed by atoms with E-state index in [9.17, 15) is 0 Å². The van der Waals surface area contributed by atoms with Crippen LogP contribution in [0, 0.1) is 0 Å². The average Bonchev–Trinajstić information content (AvgIpc) is 3.05. The van der Waals surface area contributed by atoms with E-state index in [1.165, 1.54) is 0 Å². The van der Waals surface area contributed by atoms with Crippen LogP contribution in [-0.4, -0.2) is 31.3 Å². The number of nitrogens with one attached hydrogen (secondary N) is 1. The van der Waals surface area contributed by atoms with Crippen molar-refractivity contribution in [3.8, 4) is 0 Å². The second-order valence-electron chi connectivity index (χ2n) is 4.39. The van der Waals surface area contributed by atoms with Gasteiger partial charge in [0, 0.05) is 31.5 Å². The van der Waals surface area contributed by atoms with Crippen LogP contribution in [0.25, 0.3) is 0 Å². The summed E-state index contributed by atoms with van der Waals surface area (Å²) in [5.41, 5.74) is 1.08. The Hall–Kier alpha value is -1.69. The second-order valence-corrected chi connectivity index (χ2v) is 4.39. The Bertz CT molecular complexity index is 447. The maximum atomic E-state index is 4.53. The molecule has 2 heterocycles. The van der Waals surface area contributed by atoms with Gasteiger partial charge in [-0.2, -0.15) is 5.10 Å². The highest BCUT2D eigenvalue weighted by Gasteiger charge is 2.03. The van der Waals surface area contributed by atoms with E-state index < -0.39 is 0 Å². The van der Waals surface area contributed by atoms with Gasteiger partial charge in [-0.1, -0.05) is 12.1 Å². The maximum absolute atomic E-state index is 4.53. The third kappa shape index (κ3) is 3.40. The highest BCUT2D eigenvalue weighted by molar-refractivity contribution is 4.99. The summed E-state index contributed by atoms with van der Waals surface area (Å²) < 4.78 is 3.83. The predicted molar refractivity (Wildman–Crippen MR) is 69.0 cm³/mol. The van der Waals surface area contributed by atoms with Gasteiger partial charge in [0.1, 0.15) is 0 Å². The molecular formula is C12H20N6. The van der Waals surface area contributed by atoms with Crippen LogP contribution in [0.1, 0.15) is 32.0 Å². The first-order chi connectivity index (χ1) is 8.79. The molecule has 1 atom stereocenters. The van der Waals surface area contributed by atoms with Crippen molar-refractivity contribution < 1.29 is 0 Å². The number of aromatic nitrogens is 5. The molecule has 0 aromatic carbocycles. The zero-order valence-electron chi connectivity index (χ0n) is 11.0. The highest BCUT2D eigenvalue weighted by Crippen LogP contribution is 2.08. The lowest BCUT2D eigenvalue weighted by atomic mass is 10.3. The van der Waals surface area contributed by atoms with E-state index in [0.29, 0.717) is 6.04 Å². The highest BCUT2D eigenvalue weighted by atomic mass is 15.4. The minimum atomic E-state index is 0.467. The average molecular weight is 248 g/mol. The van der Waals surface area contributed by atoms with Crippen molar-refractivity contribution >= 4 is 0 Å². The molecular weight excluding hydrogens is 228 g/mol. The van der Waals surface area contributed by atoms with Gasteiger partial charge in [0.15, 0.2) is 0 Å². The first-order valence-electron chi connectivity index (χ1n) is 6.38. The Labute approximate surface area is 107 Å². The molecule has 0 aliphatic carbocycles. The van der Waals surface area contributed by atoms with Crippen LogP contribution in [0.15, 0.2) is 24.7 Å². The van der Waals surface area contributed by atoms with E-state index >= 15 is 0 Å². The normalized spacial score (nSPS) is 12.8. The summed E-state index contributed by atoms with van der Waals surface area (Å²) in [7, 11) is 0. The lowest BCUT2D eigenvalue weighted by Crippen LogP contribution is -2.20. The first kappa shape index (κ1) is 12.8. The quantitative estimate of drug-likeness (QED) is 0.749. The van der Waals surface area contributed by atoms with Crippen LogP contribution < -0.4 is 5.32 Å². The summed E-state index contributed by atoms with van der Waals surface area (Å²) in [4.78, 5) is 0. The molecule has 98 valence electrons. The van der Waals surface area contributed by atoms with Gasteiger partial charge in [-0.3, -0.25) is 9.36 Å². The van der Waals surface area contributed by atoms with Crippen molar-refractivity contribution in [2.75, 3.05) is 6.54 Å². The molecule has 2 aromatic heterocycles. The summed E-state index contributed by atoms with van der Waals surface area (Å²) in [5, 5.41) is 15.5. The number of nitrogens with zero attached hydrogens (tertiary/aromatic N) is 5. The molecule has 0 bridgehead atoms. The van der Waals surface area contributed by atoms with Crippen molar-refractivity contribution in [1.82, 2.24) is 30.1 Å². The zero-order chi connectivity index (χ0) is 12.8. The molecule has 18 heavy (non-hydrogen) atoms. The van der Waals surface area contributed by atoms with Crippen molar-refractivity contribution in [3.63, 3.8) is 0 Å². The molecule has 0 spiro atoms. The largest absolute Gasteiger partial charge is 0.309 e. The Kier molecular flexibility index (Phi) is 4.46. The van der Waals surface area contributed by atoms with Gasteiger partial charge < -0.3 is 5.32 Å². The van der Waals surface area contributed by atoms with Crippen LogP contribution >= 0.6 is 0 Å². The summed E-state index contributed by atoms with van der Waals surface area (Å²) in [6.07, 6.45) is 6.69. The Morgan fingerprint density at radius 1 is 1.39 bits per heavy atom. The van der Waals surface area contributed by atoms with Gasteiger partial charge in [-0.25, -0.2) is 0 Å². The van der Waals surface area contributed by atoms with Crippen LogP contribution in [-0.2, 0) is 13.1 Å². The monoisotopic (exact) mass is 248 g/mol. The van der Waals surface area contributed by atoms with Crippen LogP contribution in [0.4, 0.5) is 0 Å². The lowest BCUT2D eigenvalue weighted by molar-refractivity contribution is 0.469. The molecule has 1 unspecified atom stereocenters. The van der Waals surface area contributed by atoms with Gasteiger partial charge >= 0.3 is 0 Å². The summed E-state index contributed by atoms with van der Waals surface area (Å²) in [5.74, 6) is 0. The summed E-state index contributed by atoms with van der Waals surface area (Å²) in [6.45, 7) is 6.82. The fraction of sp³-hybridized carbons (Fsp3) is 0.583. The van der Waals surface area contributed by atoms with E-state index in [1.807, 2.05) is 21.8 Å². The second kappa shape index (κ2) is 6.30. The molecule has 6 nitrogen and oxygen atoms in total. The molecule has 2 aromatic rings. The third-order valence-electron chi connectivity index (χ3n) is 3.00.